The molecule has 0 aliphatic carbocycles. The van der Waals surface area contributed by atoms with Crippen LogP contribution in [0.5, 0.6) is 0 Å². The van der Waals surface area contributed by atoms with Gasteiger partial charge in [-0.15, -0.1) is 12.4 Å². The topological polar surface area (TPSA) is 68.0 Å². The molecule has 7 heteroatoms. The van der Waals surface area contributed by atoms with Gasteiger partial charge >= 0.3 is 0 Å². The first kappa shape index (κ1) is 17.6. The van der Waals surface area contributed by atoms with Crippen molar-refractivity contribution in [1.82, 2.24) is 9.80 Å². The number of hydrogen-bond donors (Lipinski definition) is 1. The first-order chi connectivity index (χ1) is 8.15. The minimum Gasteiger partial charge on any atom is -0.383 e. The Morgan fingerprint density at radius 1 is 1.50 bits per heavy atom. The highest BCUT2D eigenvalue weighted by molar-refractivity contribution is 5.85. The number of ether oxygens (including phenoxy) is 2. The van der Waals surface area contributed by atoms with Crippen molar-refractivity contribution in [2.24, 2.45) is 5.73 Å². The van der Waals surface area contributed by atoms with Crippen molar-refractivity contribution in [2.45, 2.75) is 6.04 Å². The van der Waals surface area contributed by atoms with Gasteiger partial charge in [-0.25, -0.2) is 0 Å². The normalized spacial score (nSPS) is 17.9. The molecule has 1 rings (SSSR count). The number of hydrogen-bond acceptors (Lipinski definition) is 5. The average Bonchev–Trinajstić information content (AvgIpc) is 2.36. The molecule has 1 fully saturated rings. The lowest BCUT2D eigenvalue weighted by molar-refractivity contribution is -0.132. The van der Waals surface area contributed by atoms with Gasteiger partial charge in [0.1, 0.15) is 6.04 Å². The summed E-state index contributed by atoms with van der Waals surface area (Å²) in [5, 5.41) is 0. The minimum atomic E-state index is -0.560. The Morgan fingerprint density at radius 3 is 2.67 bits per heavy atom. The van der Waals surface area contributed by atoms with E-state index in [1.165, 1.54) is 0 Å². The number of halogens is 1. The van der Waals surface area contributed by atoms with Crippen LogP contribution in [0.1, 0.15) is 0 Å². The molecule has 18 heavy (non-hydrogen) atoms. The predicted octanol–water partition coefficient (Wildman–Crippen LogP) is -0.827. The van der Waals surface area contributed by atoms with E-state index < -0.39 is 6.04 Å². The zero-order valence-electron chi connectivity index (χ0n) is 11.1. The highest BCUT2D eigenvalue weighted by Crippen LogP contribution is 1.98. The summed E-state index contributed by atoms with van der Waals surface area (Å²) in [4.78, 5) is 15.7. The van der Waals surface area contributed by atoms with Crippen molar-refractivity contribution in [3.05, 3.63) is 0 Å². The van der Waals surface area contributed by atoms with Gasteiger partial charge in [0.15, 0.2) is 0 Å². The molecule has 0 saturated carbocycles. The summed E-state index contributed by atoms with van der Waals surface area (Å²) in [6, 6.07) is -0.560. The Labute approximate surface area is 115 Å². The SMILES string of the molecule is COCC(N)C(=O)N(C)CCN1CCOCC1.Cl. The molecule has 1 heterocycles. The summed E-state index contributed by atoms with van der Waals surface area (Å²) in [6.07, 6.45) is 0. The Balaban J connectivity index is 0.00000289. The molecule has 1 unspecified atom stereocenters. The molecule has 0 spiro atoms. The fourth-order valence-electron chi connectivity index (χ4n) is 1.76. The van der Waals surface area contributed by atoms with E-state index in [1.54, 1.807) is 19.1 Å². The predicted molar refractivity (Wildman–Crippen MR) is 72.0 cm³/mol. The van der Waals surface area contributed by atoms with Gasteiger partial charge in [0, 0.05) is 40.3 Å². The lowest BCUT2D eigenvalue weighted by Gasteiger charge is -2.29. The van der Waals surface area contributed by atoms with Crippen LogP contribution in [0.15, 0.2) is 0 Å². The number of carbonyl (C=O) groups is 1. The molecule has 0 aromatic heterocycles. The molecule has 1 atom stereocenters. The van der Waals surface area contributed by atoms with Gasteiger partial charge in [-0.2, -0.15) is 0 Å². The first-order valence-electron chi connectivity index (χ1n) is 5.94. The van der Waals surface area contributed by atoms with E-state index >= 15 is 0 Å². The second-order valence-corrected chi connectivity index (χ2v) is 4.28. The average molecular weight is 282 g/mol. The number of amides is 1. The van der Waals surface area contributed by atoms with Crippen LogP contribution in [0.2, 0.25) is 0 Å². The van der Waals surface area contributed by atoms with Gasteiger partial charge in [0.25, 0.3) is 0 Å². The summed E-state index contributed by atoms with van der Waals surface area (Å²) < 4.78 is 10.1. The van der Waals surface area contributed by atoms with Gasteiger partial charge in [0.05, 0.1) is 19.8 Å². The number of likely N-dealkylation sites (N-methyl/N-ethyl adjacent to an activating group) is 1. The molecule has 108 valence electrons. The van der Waals surface area contributed by atoms with E-state index in [1.807, 2.05) is 0 Å². The lowest BCUT2D eigenvalue weighted by atomic mass is 10.3. The largest absolute Gasteiger partial charge is 0.383 e. The molecular weight excluding hydrogens is 258 g/mol. The summed E-state index contributed by atoms with van der Waals surface area (Å²) in [5.41, 5.74) is 5.69. The lowest BCUT2D eigenvalue weighted by Crippen LogP contribution is -2.47. The highest BCUT2D eigenvalue weighted by Gasteiger charge is 2.18. The molecule has 1 aliphatic heterocycles. The fraction of sp³-hybridized carbons (Fsp3) is 0.909. The van der Waals surface area contributed by atoms with Crippen LogP contribution in [0, 0.1) is 0 Å². The number of methoxy groups -OCH3 is 1. The third kappa shape index (κ3) is 5.97. The van der Waals surface area contributed by atoms with Gasteiger partial charge in [-0.1, -0.05) is 0 Å². The first-order valence-corrected chi connectivity index (χ1v) is 5.94. The standard InChI is InChI=1S/C11H23N3O3.ClH/c1-13(11(15)10(12)9-16-2)3-4-14-5-7-17-8-6-14;/h10H,3-9,12H2,1-2H3;1H. The Morgan fingerprint density at radius 2 is 2.11 bits per heavy atom. The van der Waals surface area contributed by atoms with Crippen LogP contribution in [0.3, 0.4) is 0 Å². The zero-order chi connectivity index (χ0) is 12.7. The molecular formula is C11H24ClN3O3. The number of nitrogens with zero attached hydrogens (tertiary/aromatic N) is 2. The second kappa shape index (κ2) is 9.52. The van der Waals surface area contributed by atoms with E-state index in [-0.39, 0.29) is 24.9 Å². The van der Waals surface area contributed by atoms with Crippen molar-refractivity contribution >= 4 is 18.3 Å². The van der Waals surface area contributed by atoms with Crippen LogP contribution in [0.4, 0.5) is 0 Å². The molecule has 0 radical (unpaired) electrons. The van der Waals surface area contributed by atoms with Crippen molar-refractivity contribution in [3.63, 3.8) is 0 Å². The van der Waals surface area contributed by atoms with Crippen LogP contribution in [0.25, 0.3) is 0 Å². The zero-order valence-corrected chi connectivity index (χ0v) is 11.9. The second-order valence-electron chi connectivity index (χ2n) is 4.28. The highest BCUT2D eigenvalue weighted by atomic mass is 35.5. The quantitative estimate of drug-likeness (QED) is 0.689. The molecule has 1 saturated heterocycles. The summed E-state index contributed by atoms with van der Waals surface area (Å²) in [6.45, 7) is 5.25. The Hall–Kier alpha value is -0.400. The summed E-state index contributed by atoms with van der Waals surface area (Å²) in [7, 11) is 3.32. The van der Waals surface area contributed by atoms with Crippen LogP contribution >= 0.6 is 12.4 Å². The molecule has 0 aromatic rings. The maximum absolute atomic E-state index is 11.8. The Bertz CT molecular complexity index is 238. The van der Waals surface area contributed by atoms with Gasteiger partial charge < -0.3 is 20.1 Å². The fourth-order valence-corrected chi connectivity index (χ4v) is 1.76. The van der Waals surface area contributed by atoms with Crippen molar-refractivity contribution in [3.8, 4) is 0 Å². The van der Waals surface area contributed by atoms with Gasteiger partial charge in [-0.3, -0.25) is 9.69 Å². The van der Waals surface area contributed by atoms with Gasteiger partial charge in [-0.05, 0) is 0 Å². The van der Waals surface area contributed by atoms with Crippen molar-refractivity contribution in [1.29, 1.82) is 0 Å². The molecule has 6 nitrogen and oxygen atoms in total. The number of morpholine rings is 1. The maximum Gasteiger partial charge on any atom is 0.241 e. The van der Waals surface area contributed by atoms with E-state index in [4.69, 9.17) is 15.2 Å². The molecule has 0 bridgehead atoms. The van der Waals surface area contributed by atoms with Crippen molar-refractivity contribution in [2.75, 3.05) is 60.2 Å². The van der Waals surface area contributed by atoms with E-state index in [2.05, 4.69) is 4.90 Å². The monoisotopic (exact) mass is 281 g/mol. The summed E-state index contributed by atoms with van der Waals surface area (Å²) >= 11 is 0. The molecule has 2 N–H and O–H groups in total. The molecule has 1 amide bonds. The van der Waals surface area contributed by atoms with Crippen LogP contribution < -0.4 is 5.73 Å². The van der Waals surface area contributed by atoms with Gasteiger partial charge in [0.2, 0.25) is 5.91 Å². The summed E-state index contributed by atoms with van der Waals surface area (Å²) in [5.74, 6) is -0.0693. The van der Waals surface area contributed by atoms with E-state index in [0.29, 0.717) is 6.54 Å². The van der Waals surface area contributed by atoms with Crippen LogP contribution in [-0.2, 0) is 14.3 Å². The third-order valence-electron chi connectivity index (χ3n) is 2.89. The van der Waals surface area contributed by atoms with Crippen LogP contribution in [-0.4, -0.2) is 81.9 Å². The smallest absolute Gasteiger partial charge is 0.241 e. The molecule has 1 aliphatic rings. The van der Waals surface area contributed by atoms with Crippen molar-refractivity contribution < 1.29 is 14.3 Å². The minimum absolute atomic E-state index is 0. The Kier molecular flexibility index (Phi) is 9.31. The third-order valence-corrected chi connectivity index (χ3v) is 2.89. The maximum atomic E-state index is 11.8. The van der Waals surface area contributed by atoms with E-state index in [0.717, 1.165) is 32.8 Å². The number of nitrogens with two attached hydrogens (primary N) is 1. The number of carbonyl (C=O) groups excluding carboxylic acids is 1. The molecule has 0 aromatic carbocycles. The van der Waals surface area contributed by atoms with E-state index in [9.17, 15) is 4.79 Å². The number of rotatable bonds is 6.